The molecule has 1 atom stereocenters. The van der Waals surface area contributed by atoms with Gasteiger partial charge in [-0.1, -0.05) is 55.5 Å². The minimum atomic E-state index is -0.538. The van der Waals surface area contributed by atoms with E-state index >= 15 is 0 Å². The third kappa shape index (κ3) is 5.85. The summed E-state index contributed by atoms with van der Waals surface area (Å²) in [6, 6.07) is 19.8. The molecular weight excluding hydrogens is 276 g/mol. The third-order valence-electron chi connectivity index (χ3n) is 3.35. The van der Waals surface area contributed by atoms with Crippen molar-refractivity contribution in [2.45, 2.75) is 19.6 Å². The standard InChI is InChI=1S/C18H24N2O2/c1-2-20(19-13-16-9-5-3-6-10-16)14-17(21)15-22-18-11-7-4-8-12-18/h3-12,17,19,21H,2,13-15H2,1H3. The zero-order valence-corrected chi connectivity index (χ0v) is 13.0. The van der Waals surface area contributed by atoms with Gasteiger partial charge in [0.1, 0.15) is 18.5 Å². The van der Waals surface area contributed by atoms with Gasteiger partial charge in [0.25, 0.3) is 0 Å². The molecule has 0 bridgehead atoms. The summed E-state index contributed by atoms with van der Waals surface area (Å²) in [5.74, 6) is 0.779. The maximum atomic E-state index is 10.1. The first-order valence-corrected chi connectivity index (χ1v) is 7.66. The molecule has 118 valence electrons. The van der Waals surface area contributed by atoms with Gasteiger partial charge in [-0.3, -0.25) is 5.43 Å². The van der Waals surface area contributed by atoms with Crippen molar-refractivity contribution in [1.82, 2.24) is 10.4 Å². The number of rotatable bonds is 9. The number of aliphatic hydroxyl groups excluding tert-OH is 1. The number of ether oxygens (including phenoxy) is 1. The molecular formula is C18H24N2O2. The van der Waals surface area contributed by atoms with Crippen molar-refractivity contribution in [1.29, 1.82) is 0 Å². The molecule has 4 heteroatoms. The Morgan fingerprint density at radius 1 is 1.05 bits per heavy atom. The van der Waals surface area contributed by atoms with Gasteiger partial charge in [-0.2, -0.15) is 0 Å². The molecule has 0 fully saturated rings. The molecule has 2 aromatic rings. The van der Waals surface area contributed by atoms with Crippen LogP contribution in [0.25, 0.3) is 0 Å². The Morgan fingerprint density at radius 3 is 2.32 bits per heavy atom. The van der Waals surface area contributed by atoms with Gasteiger partial charge >= 0.3 is 0 Å². The summed E-state index contributed by atoms with van der Waals surface area (Å²) in [6.07, 6.45) is -0.538. The lowest BCUT2D eigenvalue weighted by Gasteiger charge is -2.24. The summed E-state index contributed by atoms with van der Waals surface area (Å²) < 4.78 is 5.57. The number of hydrogen-bond acceptors (Lipinski definition) is 4. The first kappa shape index (κ1) is 16.5. The number of aliphatic hydroxyl groups is 1. The highest BCUT2D eigenvalue weighted by atomic mass is 16.5. The number of hydrazine groups is 1. The molecule has 0 spiro atoms. The summed E-state index contributed by atoms with van der Waals surface area (Å²) in [7, 11) is 0. The largest absolute Gasteiger partial charge is 0.491 e. The summed E-state index contributed by atoms with van der Waals surface area (Å²) >= 11 is 0. The molecule has 2 N–H and O–H groups in total. The highest BCUT2D eigenvalue weighted by molar-refractivity contribution is 5.20. The van der Waals surface area contributed by atoms with Crippen molar-refractivity contribution >= 4 is 0 Å². The molecule has 0 radical (unpaired) electrons. The molecule has 0 saturated heterocycles. The number of nitrogens with zero attached hydrogens (tertiary/aromatic N) is 1. The first-order chi connectivity index (χ1) is 10.8. The van der Waals surface area contributed by atoms with E-state index in [-0.39, 0.29) is 6.61 Å². The quantitative estimate of drug-likeness (QED) is 0.698. The Labute approximate surface area is 132 Å². The van der Waals surface area contributed by atoms with Gasteiger partial charge in [0.05, 0.1) is 0 Å². The highest BCUT2D eigenvalue weighted by Crippen LogP contribution is 2.08. The van der Waals surface area contributed by atoms with Crippen molar-refractivity contribution in [3.05, 3.63) is 66.2 Å². The van der Waals surface area contributed by atoms with E-state index in [1.165, 1.54) is 5.56 Å². The molecule has 22 heavy (non-hydrogen) atoms. The van der Waals surface area contributed by atoms with Crippen LogP contribution < -0.4 is 10.2 Å². The highest BCUT2D eigenvalue weighted by Gasteiger charge is 2.11. The predicted molar refractivity (Wildman–Crippen MR) is 88.5 cm³/mol. The van der Waals surface area contributed by atoms with E-state index in [0.717, 1.165) is 18.8 Å². The second kappa shape index (κ2) is 9.20. The van der Waals surface area contributed by atoms with Gasteiger partial charge in [-0.15, -0.1) is 0 Å². The van der Waals surface area contributed by atoms with Crippen molar-refractivity contribution in [2.24, 2.45) is 0 Å². The van der Waals surface area contributed by atoms with Crippen LogP contribution in [0.4, 0.5) is 0 Å². The topological polar surface area (TPSA) is 44.7 Å². The van der Waals surface area contributed by atoms with E-state index in [2.05, 4.69) is 24.5 Å². The number of likely N-dealkylation sites (N-methyl/N-ethyl adjacent to an activating group) is 1. The number of hydrogen-bond donors (Lipinski definition) is 2. The maximum Gasteiger partial charge on any atom is 0.119 e. The van der Waals surface area contributed by atoms with Crippen LogP contribution in [0.1, 0.15) is 12.5 Å². The molecule has 0 aliphatic heterocycles. The normalized spacial score (nSPS) is 12.3. The van der Waals surface area contributed by atoms with Crippen LogP contribution in [0, 0.1) is 0 Å². The van der Waals surface area contributed by atoms with E-state index in [4.69, 9.17) is 4.74 Å². The molecule has 0 amide bonds. The van der Waals surface area contributed by atoms with E-state index in [0.29, 0.717) is 6.54 Å². The summed E-state index contributed by atoms with van der Waals surface area (Å²) in [4.78, 5) is 0. The van der Waals surface area contributed by atoms with E-state index in [9.17, 15) is 5.11 Å². The smallest absolute Gasteiger partial charge is 0.119 e. The van der Waals surface area contributed by atoms with E-state index < -0.39 is 6.10 Å². The summed E-state index contributed by atoms with van der Waals surface area (Å²) in [5, 5.41) is 12.1. The lowest BCUT2D eigenvalue weighted by atomic mass is 10.2. The Hall–Kier alpha value is -1.88. The second-order valence-corrected chi connectivity index (χ2v) is 5.14. The van der Waals surface area contributed by atoms with E-state index in [1.807, 2.05) is 53.5 Å². The van der Waals surface area contributed by atoms with Crippen LogP contribution in [0.5, 0.6) is 5.75 Å². The van der Waals surface area contributed by atoms with Crippen LogP contribution in [0.2, 0.25) is 0 Å². The third-order valence-corrected chi connectivity index (χ3v) is 3.35. The number of benzene rings is 2. The van der Waals surface area contributed by atoms with Gasteiger partial charge in [0.2, 0.25) is 0 Å². The van der Waals surface area contributed by atoms with Gasteiger partial charge in [0, 0.05) is 19.6 Å². The second-order valence-electron chi connectivity index (χ2n) is 5.14. The lowest BCUT2D eigenvalue weighted by molar-refractivity contribution is 0.0494. The molecule has 0 aromatic heterocycles. The zero-order chi connectivity index (χ0) is 15.6. The molecule has 2 aromatic carbocycles. The van der Waals surface area contributed by atoms with Gasteiger partial charge in [-0.25, -0.2) is 5.01 Å². The van der Waals surface area contributed by atoms with Gasteiger partial charge < -0.3 is 9.84 Å². The molecule has 0 aliphatic rings. The number of para-hydroxylation sites is 1. The maximum absolute atomic E-state index is 10.1. The fourth-order valence-electron chi connectivity index (χ4n) is 2.12. The van der Waals surface area contributed by atoms with Crippen molar-refractivity contribution in [3.8, 4) is 5.75 Å². The van der Waals surface area contributed by atoms with Crippen molar-refractivity contribution < 1.29 is 9.84 Å². The van der Waals surface area contributed by atoms with Crippen LogP contribution >= 0.6 is 0 Å². The molecule has 0 saturated carbocycles. The predicted octanol–water partition coefficient (Wildman–Crippen LogP) is 2.45. The van der Waals surface area contributed by atoms with Crippen LogP contribution in [-0.4, -0.2) is 35.9 Å². The van der Waals surface area contributed by atoms with Crippen molar-refractivity contribution in [3.63, 3.8) is 0 Å². The van der Waals surface area contributed by atoms with Crippen molar-refractivity contribution in [2.75, 3.05) is 19.7 Å². The van der Waals surface area contributed by atoms with E-state index in [1.54, 1.807) is 0 Å². The lowest BCUT2D eigenvalue weighted by Crippen LogP contribution is -2.43. The minimum Gasteiger partial charge on any atom is -0.491 e. The van der Waals surface area contributed by atoms with Crippen LogP contribution in [0.3, 0.4) is 0 Å². The first-order valence-electron chi connectivity index (χ1n) is 7.66. The fourth-order valence-corrected chi connectivity index (χ4v) is 2.12. The summed E-state index contributed by atoms with van der Waals surface area (Å²) in [5.41, 5.74) is 4.55. The summed E-state index contributed by atoms with van der Waals surface area (Å²) in [6.45, 7) is 4.43. The minimum absolute atomic E-state index is 0.285. The van der Waals surface area contributed by atoms with Gasteiger partial charge in [0.15, 0.2) is 0 Å². The Morgan fingerprint density at radius 2 is 1.68 bits per heavy atom. The number of nitrogens with one attached hydrogen (secondary N) is 1. The average molecular weight is 300 g/mol. The molecule has 2 rings (SSSR count). The molecule has 1 unspecified atom stereocenters. The fraction of sp³-hybridized carbons (Fsp3) is 0.333. The Bertz CT molecular complexity index is 519. The Kier molecular flexibility index (Phi) is 6.90. The van der Waals surface area contributed by atoms with Gasteiger partial charge in [-0.05, 0) is 17.7 Å². The van der Waals surface area contributed by atoms with Crippen LogP contribution in [0.15, 0.2) is 60.7 Å². The average Bonchev–Trinajstić information content (AvgIpc) is 2.58. The zero-order valence-electron chi connectivity index (χ0n) is 13.0. The Balaban J connectivity index is 1.72. The monoisotopic (exact) mass is 300 g/mol. The molecule has 0 aliphatic carbocycles. The molecule has 0 heterocycles. The SMILES string of the molecule is CCN(CC(O)COc1ccccc1)NCc1ccccc1. The van der Waals surface area contributed by atoms with Crippen LogP contribution in [-0.2, 0) is 6.54 Å². The molecule has 4 nitrogen and oxygen atoms in total.